The molecule has 2 aromatic carbocycles. The van der Waals surface area contributed by atoms with Gasteiger partial charge in [-0.15, -0.1) is 0 Å². The topological polar surface area (TPSA) is 60.9 Å². The lowest BCUT2D eigenvalue weighted by Crippen LogP contribution is -2.25. The second kappa shape index (κ2) is 7.87. The molecule has 0 fully saturated rings. The zero-order chi connectivity index (χ0) is 20.5. The fourth-order valence-electron chi connectivity index (χ4n) is 3.37. The van der Waals surface area contributed by atoms with Crippen LogP contribution < -0.4 is 5.56 Å². The molecular formula is C23H23N3O2S. The lowest BCUT2D eigenvalue weighted by Gasteiger charge is -2.15. The number of rotatable bonds is 5. The molecule has 5 nitrogen and oxygen atoms in total. The molecule has 0 radical (unpaired) electrons. The first kappa shape index (κ1) is 19.5. The number of hydrogen-bond acceptors (Lipinski definition) is 5. The van der Waals surface area contributed by atoms with E-state index in [1.165, 1.54) is 17.3 Å². The predicted molar refractivity (Wildman–Crippen MR) is 117 cm³/mol. The van der Waals surface area contributed by atoms with Crippen molar-refractivity contribution in [3.8, 4) is 11.5 Å². The van der Waals surface area contributed by atoms with Crippen LogP contribution in [-0.4, -0.2) is 14.5 Å². The average molecular weight is 406 g/mol. The summed E-state index contributed by atoms with van der Waals surface area (Å²) >= 11 is 1.50. The number of oxazole rings is 1. The van der Waals surface area contributed by atoms with Crippen LogP contribution in [0.25, 0.3) is 22.4 Å². The van der Waals surface area contributed by atoms with Crippen LogP contribution in [0, 0.1) is 13.8 Å². The Kier molecular flexibility index (Phi) is 5.28. The van der Waals surface area contributed by atoms with Crippen LogP contribution in [0.5, 0.6) is 0 Å². The molecule has 6 heteroatoms. The highest BCUT2D eigenvalue weighted by Crippen LogP contribution is 2.27. The molecule has 4 rings (SSSR count). The monoisotopic (exact) mass is 405 g/mol. The maximum atomic E-state index is 12.9. The molecule has 0 aliphatic heterocycles. The predicted octanol–water partition coefficient (Wildman–Crippen LogP) is 5.54. The Morgan fingerprint density at radius 2 is 1.90 bits per heavy atom. The summed E-state index contributed by atoms with van der Waals surface area (Å²) in [7, 11) is 0. The number of aryl methyl sites for hydroxylation is 2. The number of benzene rings is 2. The van der Waals surface area contributed by atoms with Crippen LogP contribution in [-0.2, 0) is 5.75 Å². The number of thioether (sulfide) groups is 1. The van der Waals surface area contributed by atoms with Gasteiger partial charge in [-0.05, 0) is 51.5 Å². The largest absolute Gasteiger partial charge is 0.444 e. The molecule has 0 unspecified atom stereocenters. The van der Waals surface area contributed by atoms with Crippen LogP contribution in [0.4, 0.5) is 0 Å². The number of nitrogens with zero attached hydrogens (tertiary/aromatic N) is 3. The minimum absolute atomic E-state index is 0.00998. The molecule has 29 heavy (non-hydrogen) atoms. The zero-order valence-electron chi connectivity index (χ0n) is 17.0. The highest BCUT2D eigenvalue weighted by atomic mass is 32.2. The van der Waals surface area contributed by atoms with E-state index in [-0.39, 0.29) is 11.6 Å². The number of hydrogen-bond donors (Lipinski definition) is 0. The van der Waals surface area contributed by atoms with Gasteiger partial charge in [-0.2, -0.15) is 0 Å². The number of para-hydroxylation sites is 1. The molecule has 0 aliphatic rings. The Morgan fingerprint density at radius 1 is 1.10 bits per heavy atom. The molecule has 2 aromatic heterocycles. The lowest BCUT2D eigenvalue weighted by molar-refractivity contribution is 0.519. The van der Waals surface area contributed by atoms with Crippen molar-refractivity contribution >= 4 is 22.7 Å². The highest BCUT2D eigenvalue weighted by molar-refractivity contribution is 7.98. The second-order valence-electron chi connectivity index (χ2n) is 7.43. The Labute approximate surface area is 173 Å². The van der Waals surface area contributed by atoms with Gasteiger partial charge < -0.3 is 4.42 Å². The molecule has 0 bridgehead atoms. The van der Waals surface area contributed by atoms with E-state index in [0.717, 1.165) is 16.8 Å². The number of aromatic nitrogens is 3. The maximum absolute atomic E-state index is 12.9. The fourth-order valence-corrected chi connectivity index (χ4v) is 4.38. The van der Waals surface area contributed by atoms with Gasteiger partial charge in [0, 0.05) is 17.4 Å². The first-order chi connectivity index (χ1) is 13.9. The van der Waals surface area contributed by atoms with Crippen LogP contribution in [0.3, 0.4) is 0 Å². The summed E-state index contributed by atoms with van der Waals surface area (Å²) in [6.07, 6.45) is 1.68. The molecule has 0 aliphatic carbocycles. The molecule has 0 N–H and O–H groups in total. The molecule has 4 aromatic rings. The lowest BCUT2D eigenvalue weighted by atomic mass is 10.1. The zero-order valence-corrected chi connectivity index (χ0v) is 17.8. The van der Waals surface area contributed by atoms with Crippen molar-refractivity contribution in [2.45, 2.75) is 44.6 Å². The minimum Gasteiger partial charge on any atom is -0.444 e. The van der Waals surface area contributed by atoms with Crippen LogP contribution in [0.1, 0.15) is 36.7 Å². The third-order valence-electron chi connectivity index (χ3n) is 4.81. The second-order valence-corrected chi connectivity index (χ2v) is 8.37. The van der Waals surface area contributed by atoms with E-state index in [1.54, 1.807) is 10.8 Å². The fraction of sp³-hybridized carbons (Fsp3) is 0.261. The summed E-state index contributed by atoms with van der Waals surface area (Å²) in [4.78, 5) is 22.3. The van der Waals surface area contributed by atoms with Gasteiger partial charge in [0.05, 0.1) is 16.6 Å². The first-order valence-corrected chi connectivity index (χ1v) is 10.6. The van der Waals surface area contributed by atoms with Gasteiger partial charge in [0.15, 0.2) is 5.16 Å². The van der Waals surface area contributed by atoms with E-state index in [0.29, 0.717) is 27.7 Å². The highest BCUT2D eigenvalue weighted by Gasteiger charge is 2.15. The Balaban J connectivity index is 1.63. The molecule has 0 spiro atoms. The molecule has 0 amide bonds. The van der Waals surface area contributed by atoms with E-state index in [1.807, 2.05) is 44.2 Å². The van der Waals surface area contributed by atoms with Crippen LogP contribution in [0.2, 0.25) is 0 Å². The third-order valence-corrected chi connectivity index (χ3v) is 5.79. The van der Waals surface area contributed by atoms with Gasteiger partial charge in [-0.1, -0.05) is 41.6 Å². The van der Waals surface area contributed by atoms with Crippen molar-refractivity contribution in [2.24, 2.45) is 0 Å². The smallest absolute Gasteiger partial charge is 0.262 e. The van der Waals surface area contributed by atoms with Crippen molar-refractivity contribution in [1.29, 1.82) is 0 Å². The van der Waals surface area contributed by atoms with Crippen LogP contribution in [0.15, 0.2) is 63.1 Å². The van der Waals surface area contributed by atoms with Crippen molar-refractivity contribution in [3.05, 3.63) is 75.9 Å². The quantitative estimate of drug-likeness (QED) is 0.322. The summed E-state index contributed by atoms with van der Waals surface area (Å²) < 4.78 is 7.47. The summed E-state index contributed by atoms with van der Waals surface area (Å²) in [6.45, 7) is 8.12. The van der Waals surface area contributed by atoms with Crippen LogP contribution >= 0.6 is 11.8 Å². The van der Waals surface area contributed by atoms with Crippen molar-refractivity contribution in [3.63, 3.8) is 0 Å². The Hall–Kier alpha value is -2.86. The van der Waals surface area contributed by atoms with Gasteiger partial charge in [-0.25, -0.2) is 9.97 Å². The first-order valence-electron chi connectivity index (χ1n) is 9.60. The molecule has 0 saturated heterocycles. The molecule has 2 heterocycles. The van der Waals surface area contributed by atoms with E-state index in [9.17, 15) is 4.79 Å². The molecule has 0 atom stereocenters. The van der Waals surface area contributed by atoms with Crippen molar-refractivity contribution in [2.75, 3.05) is 0 Å². The summed E-state index contributed by atoms with van der Waals surface area (Å²) in [5.74, 6) is 1.19. The number of fused-ring (bicyclic) bond motifs is 1. The van der Waals surface area contributed by atoms with Crippen molar-refractivity contribution in [1.82, 2.24) is 14.5 Å². The van der Waals surface area contributed by atoms with Gasteiger partial charge in [0.1, 0.15) is 6.26 Å². The Morgan fingerprint density at radius 3 is 2.66 bits per heavy atom. The summed E-state index contributed by atoms with van der Waals surface area (Å²) in [6, 6.07) is 13.7. The van der Waals surface area contributed by atoms with Gasteiger partial charge in [0.25, 0.3) is 5.56 Å². The normalized spacial score (nSPS) is 11.5. The van der Waals surface area contributed by atoms with Gasteiger partial charge in [0.2, 0.25) is 5.89 Å². The standard InChI is InChI=1S/C23H23N3O2S/c1-14(2)26-22(27)19-7-5-6-8-20(19)25-23(26)29-13-17-12-28-21(24-17)18-10-9-15(3)11-16(18)4/h5-12,14H,13H2,1-4H3. The van der Waals surface area contributed by atoms with Crippen molar-refractivity contribution < 1.29 is 4.42 Å². The van der Waals surface area contributed by atoms with Gasteiger partial charge in [-0.3, -0.25) is 9.36 Å². The van der Waals surface area contributed by atoms with E-state index in [4.69, 9.17) is 9.40 Å². The molecule has 0 saturated carbocycles. The maximum Gasteiger partial charge on any atom is 0.262 e. The Bertz CT molecular complexity index is 1240. The van der Waals surface area contributed by atoms with E-state index >= 15 is 0 Å². The molecule has 148 valence electrons. The van der Waals surface area contributed by atoms with E-state index < -0.39 is 0 Å². The third kappa shape index (κ3) is 3.85. The van der Waals surface area contributed by atoms with Gasteiger partial charge >= 0.3 is 0 Å². The SMILES string of the molecule is Cc1ccc(-c2nc(CSc3nc4ccccc4c(=O)n3C(C)C)co2)c(C)c1. The minimum atomic E-state index is -0.00998. The summed E-state index contributed by atoms with van der Waals surface area (Å²) in [5.41, 5.74) is 4.87. The molecular weight excluding hydrogens is 382 g/mol. The summed E-state index contributed by atoms with van der Waals surface area (Å²) in [5, 5.41) is 1.34. The average Bonchev–Trinajstić information content (AvgIpc) is 3.15. The van der Waals surface area contributed by atoms with E-state index in [2.05, 4.69) is 31.0 Å².